The Morgan fingerprint density at radius 1 is 0.769 bits per heavy atom. The van der Waals surface area contributed by atoms with Gasteiger partial charge in [0.05, 0.1) is 5.69 Å². The van der Waals surface area contributed by atoms with Crippen molar-refractivity contribution in [3.05, 3.63) is 54.6 Å². The van der Waals surface area contributed by atoms with Crippen LogP contribution in [0, 0.1) is 0 Å². The second-order valence-corrected chi connectivity index (χ2v) is 8.78. The summed E-state index contributed by atoms with van der Waals surface area (Å²) in [5, 5.41) is 0. The molecule has 0 saturated carbocycles. The second-order valence-electron chi connectivity index (χ2n) is 4.54. The quantitative estimate of drug-likeness (QED) is 0.368. The van der Waals surface area contributed by atoms with Gasteiger partial charge in [-0.05, 0) is 28.6 Å². The van der Waals surface area contributed by atoms with Gasteiger partial charge in [0, 0.05) is 0 Å². The van der Waals surface area contributed by atoms with E-state index in [-0.39, 0.29) is 5.75 Å². The van der Waals surface area contributed by atoms with E-state index in [4.69, 9.17) is 4.55 Å². The number of rotatable bonds is 7. The highest BCUT2D eigenvalue weighted by molar-refractivity contribution is 8.05. The van der Waals surface area contributed by atoms with Gasteiger partial charge >= 0.3 is 20.6 Å². The summed E-state index contributed by atoms with van der Waals surface area (Å²) in [6, 6.07) is 10.6. The molecule has 14 heteroatoms. The third-order valence-corrected chi connectivity index (χ3v) is 6.18. The largest absolute Gasteiger partial charge is 0.412 e. The molecule has 0 aromatic heterocycles. The summed E-state index contributed by atoms with van der Waals surface area (Å²) in [7, 11) is -16.1. The molecule has 0 aliphatic rings. The van der Waals surface area contributed by atoms with Crippen LogP contribution in [0.2, 0.25) is 0 Å². The van der Waals surface area contributed by atoms with Crippen LogP contribution in [0.3, 0.4) is 0 Å². The minimum absolute atomic E-state index is 0.130. The lowest BCUT2D eigenvalue weighted by molar-refractivity contribution is -0.0923. The Balaban J connectivity index is 2.53. The monoisotopic (exact) mass is 425 g/mol. The van der Waals surface area contributed by atoms with E-state index in [1.807, 2.05) is 0 Å². The van der Waals surface area contributed by atoms with Crippen LogP contribution in [-0.4, -0.2) is 34.4 Å². The first-order valence-corrected chi connectivity index (χ1v) is 10.6. The van der Waals surface area contributed by atoms with Gasteiger partial charge in [0.2, 0.25) is 0 Å². The van der Waals surface area contributed by atoms with E-state index in [2.05, 4.69) is 9.22 Å². The van der Waals surface area contributed by atoms with E-state index in [1.165, 1.54) is 24.3 Å². The number of hydrogen-bond acceptors (Lipinski definition) is 8. The summed E-state index contributed by atoms with van der Waals surface area (Å²) in [4.78, 5) is 3.37. The molecule has 2 N–H and O–H groups in total. The van der Waals surface area contributed by atoms with Crippen LogP contribution < -0.4 is 8.60 Å². The molecule has 0 unspecified atom stereocenters. The van der Waals surface area contributed by atoms with Crippen LogP contribution in [0.4, 0.5) is 5.69 Å². The second kappa shape index (κ2) is 7.18. The molecule has 0 heterocycles. The van der Waals surface area contributed by atoms with Gasteiger partial charge < -0.3 is 4.89 Å². The zero-order chi connectivity index (χ0) is 19.6. The molecule has 0 spiro atoms. The molecule has 142 valence electrons. The van der Waals surface area contributed by atoms with Crippen molar-refractivity contribution in [3.63, 3.8) is 0 Å². The zero-order valence-corrected chi connectivity index (χ0v) is 15.0. The standard InChI is InChI=1S/C12H11NO10S3/c14-24(15,16)12-9-5-4-8-11(12)13(25(17,18)19)26(20,21)23-22-10-6-2-1-3-7-10/h1-9H,(H,14,15,16)(H,17,18,19). The Morgan fingerprint density at radius 2 is 1.31 bits per heavy atom. The van der Waals surface area contributed by atoms with Crippen LogP contribution in [0.25, 0.3) is 0 Å². The number of hydrogen-bond donors (Lipinski definition) is 2. The van der Waals surface area contributed by atoms with Crippen molar-refractivity contribution in [1.82, 2.24) is 0 Å². The molecule has 0 amide bonds. The molecule has 0 bridgehead atoms. The molecule has 2 aromatic carbocycles. The molecule has 0 atom stereocenters. The Kier molecular flexibility index (Phi) is 5.55. The molecule has 0 aliphatic carbocycles. The lowest BCUT2D eigenvalue weighted by atomic mass is 10.3. The SMILES string of the molecule is O=S(=O)(O)c1ccccc1N(S(=O)(=O)O)S(=O)(=O)OOc1ccccc1. The third kappa shape index (κ3) is 4.69. The fourth-order valence-corrected chi connectivity index (χ4v) is 4.59. The Morgan fingerprint density at radius 3 is 1.85 bits per heavy atom. The highest BCUT2D eigenvalue weighted by Gasteiger charge is 2.39. The Bertz CT molecular complexity index is 1090. The molecule has 2 aromatic rings. The fraction of sp³-hybridized carbons (Fsp3) is 0. The van der Waals surface area contributed by atoms with E-state index >= 15 is 0 Å². The summed E-state index contributed by atoms with van der Waals surface area (Å²) in [5.41, 5.74) is -1.10. The van der Waals surface area contributed by atoms with Crippen LogP contribution in [-0.2, 0) is 35.1 Å². The van der Waals surface area contributed by atoms with E-state index in [0.717, 1.165) is 18.2 Å². The van der Waals surface area contributed by atoms with Gasteiger partial charge in [0.15, 0.2) is 5.75 Å². The Labute approximate surface area is 149 Å². The molecular formula is C12H11NO10S3. The highest BCUT2D eigenvalue weighted by Crippen LogP contribution is 2.30. The van der Waals surface area contributed by atoms with Crippen LogP contribution in [0.5, 0.6) is 5.75 Å². The molecule has 0 fully saturated rings. The maximum absolute atomic E-state index is 12.2. The topological polar surface area (TPSA) is 165 Å². The maximum atomic E-state index is 12.2. The first-order valence-electron chi connectivity index (χ1n) is 6.43. The number of benzene rings is 2. The number of anilines is 1. The predicted molar refractivity (Wildman–Crippen MR) is 87.4 cm³/mol. The van der Waals surface area contributed by atoms with Gasteiger partial charge in [-0.3, -0.25) is 9.11 Å². The summed E-state index contributed by atoms with van der Waals surface area (Å²) < 4.78 is 92.0. The van der Waals surface area contributed by atoms with E-state index < -0.39 is 45.0 Å². The molecule has 26 heavy (non-hydrogen) atoms. The maximum Gasteiger partial charge on any atom is 0.412 e. The minimum atomic E-state index is -5.60. The van der Waals surface area contributed by atoms with Gasteiger partial charge in [0.1, 0.15) is 4.90 Å². The van der Waals surface area contributed by atoms with Gasteiger partial charge in [-0.1, -0.05) is 30.3 Å². The minimum Gasteiger partial charge on any atom is -0.320 e. The van der Waals surface area contributed by atoms with E-state index in [9.17, 15) is 29.8 Å². The molecule has 11 nitrogen and oxygen atoms in total. The normalized spacial score (nSPS) is 12.5. The third-order valence-electron chi connectivity index (χ3n) is 2.71. The molecule has 0 aliphatic heterocycles. The van der Waals surface area contributed by atoms with Gasteiger partial charge in [-0.25, -0.2) is 0 Å². The van der Waals surface area contributed by atoms with Gasteiger partial charge in [-0.15, -0.1) is 3.71 Å². The van der Waals surface area contributed by atoms with Crippen LogP contribution in [0.15, 0.2) is 59.5 Å². The van der Waals surface area contributed by atoms with Crippen molar-refractivity contribution >= 4 is 36.4 Å². The molecule has 0 radical (unpaired) electrons. The number of para-hydroxylation sites is 2. The molecular weight excluding hydrogens is 414 g/mol. The zero-order valence-electron chi connectivity index (χ0n) is 12.5. The van der Waals surface area contributed by atoms with Gasteiger partial charge in [0.25, 0.3) is 10.1 Å². The average Bonchev–Trinajstić information content (AvgIpc) is 2.52. The summed E-state index contributed by atoms with van der Waals surface area (Å²) in [6.45, 7) is 0. The first-order chi connectivity index (χ1) is 11.9. The summed E-state index contributed by atoms with van der Waals surface area (Å²) in [6.07, 6.45) is 0. The van der Waals surface area contributed by atoms with Crippen molar-refractivity contribution in [2.24, 2.45) is 0 Å². The lowest BCUT2D eigenvalue weighted by Gasteiger charge is -2.20. The van der Waals surface area contributed by atoms with Crippen molar-refractivity contribution in [1.29, 1.82) is 0 Å². The van der Waals surface area contributed by atoms with Gasteiger partial charge in [-0.2, -0.15) is 25.3 Å². The highest BCUT2D eigenvalue weighted by atomic mass is 32.3. The Hall–Kier alpha value is -2.23. The van der Waals surface area contributed by atoms with Crippen LogP contribution in [0.1, 0.15) is 0 Å². The smallest absolute Gasteiger partial charge is 0.320 e. The van der Waals surface area contributed by atoms with E-state index in [1.54, 1.807) is 6.07 Å². The summed E-state index contributed by atoms with van der Waals surface area (Å²) >= 11 is 0. The molecule has 2 rings (SSSR count). The first kappa shape index (κ1) is 20.1. The van der Waals surface area contributed by atoms with Crippen molar-refractivity contribution < 1.29 is 43.6 Å². The molecule has 0 saturated heterocycles. The average molecular weight is 425 g/mol. The lowest BCUT2D eigenvalue weighted by Crippen LogP contribution is -2.39. The fourth-order valence-electron chi connectivity index (χ4n) is 1.77. The summed E-state index contributed by atoms with van der Waals surface area (Å²) in [5.74, 6) is -0.130. The van der Waals surface area contributed by atoms with Crippen molar-refractivity contribution in [2.45, 2.75) is 4.90 Å². The van der Waals surface area contributed by atoms with E-state index in [0.29, 0.717) is 6.07 Å². The predicted octanol–water partition coefficient (Wildman–Crippen LogP) is 0.798. The van der Waals surface area contributed by atoms with Crippen LogP contribution >= 0.6 is 0 Å². The number of nitrogens with zero attached hydrogens (tertiary/aromatic N) is 1. The van der Waals surface area contributed by atoms with Crippen molar-refractivity contribution in [3.8, 4) is 5.75 Å². The van der Waals surface area contributed by atoms with Crippen molar-refractivity contribution in [2.75, 3.05) is 3.71 Å².